The van der Waals surface area contributed by atoms with Gasteiger partial charge in [-0.15, -0.1) is 0 Å². The van der Waals surface area contributed by atoms with Crippen molar-refractivity contribution in [1.82, 2.24) is 4.90 Å². The maximum atomic E-state index is 13.9. The highest BCUT2D eigenvalue weighted by atomic mass is 19.1. The lowest BCUT2D eigenvalue weighted by Gasteiger charge is -2.36. The third-order valence-corrected chi connectivity index (χ3v) is 5.54. The van der Waals surface area contributed by atoms with Crippen LogP contribution in [-0.2, 0) is 11.2 Å². The molecule has 2 heterocycles. The number of carbonyl (C=O) groups excluding carboxylic acids is 2. The van der Waals surface area contributed by atoms with Gasteiger partial charge >= 0.3 is 0 Å². The van der Waals surface area contributed by atoms with E-state index in [0.29, 0.717) is 37.1 Å². The fourth-order valence-corrected chi connectivity index (χ4v) is 3.88. The van der Waals surface area contributed by atoms with Gasteiger partial charge in [-0.3, -0.25) is 14.5 Å². The Kier molecular flexibility index (Phi) is 5.39. The van der Waals surface area contributed by atoms with Gasteiger partial charge in [-0.25, -0.2) is 4.39 Å². The van der Waals surface area contributed by atoms with E-state index in [1.165, 1.54) is 6.07 Å². The lowest BCUT2D eigenvalue weighted by Crippen LogP contribution is -2.47. The average Bonchev–Trinajstić information content (AvgIpc) is 2.72. The first-order chi connectivity index (χ1) is 13.6. The zero-order chi connectivity index (χ0) is 19.5. The summed E-state index contributed by atoms with van der Waals surface area (Å²) in [6.07, 6.45) is 1.61. The number of nitrogens with one attached hydrogen (secondary N) is 1. The van der Waals surface area contributed by atoms with Gasteiger partial charge in [-0.2, -0.15) is 0 Å². The Morgan fingerprint density at radius 1 is 1.04 bits per heavy atom. The van der Waals surface area contributed by atoms with Gasteiger partial charge in [0.15, 0.2) is 5.78 Å². The van der Waals surface area contributed by atoms with Gasteiger partial charge in [0.2, 0.25) is 5.91 Å². The summed E-state index contributed by atoms with van der Waals surface area (Å²) in [6, 6.07) is 12.4. The fourth-order valence-electron chi connectivity index (χ4n) is 3.88. The second-order valence-corrected chi connectivity index (χ2v) is 7.37. The van der Waals surface area contributed by atoms with E-state index in [9.17, 15) is 14.0 Å². The Morgan fingerprint density at radius 2 is 1.82 bits per heavy atom. The molecule has 4 rings (SSSR count). The van der Waals surface area contributed by atoms with E-state index in [4.69, 9.17) is 0 Å². The van der Waals surface area contributed by atoms with Crippen LogP contribution in [0.1, 0.15) is 28.8 Å². The smallest absolute Gasteiger partial charge is 0.224 e. The minimum Gasteiger partial charge on any atom is -0.367 e. The molecule has 2 aromatic carbocycles. The summed E-state index contributed by atoms with van der Waals surface area (Å²) >= 11 is 0. The fraction of sp³-hybridized carbons (Fsp3) is 0.364. The summed E-state index contributed by atoms with van der Waals surface area (Å²) in [7, 11) is 0. The number of hydrogen-bond acceptors (Lipinski definition) is 4. The molecule has 0 atom stereocenters. The van der Waals surface area contributed by atoms with E-state index in [0.717, 1.165) is 37.4 Å². The van der Waals surface area contributed by atoms with Gasteiger partial charge < -0.3 is 10.2 Å². The van der Waals surface area contributed by atoms with Crippen LogP contribution in [0, 0.1) is 5.82 Å². The van der Waals surface area contributed by atoms with Crippen LogP contribution < -0.4 is 10.2 Å². The van der Waals surface area contributed by atoms with Crippen LogP contribution in [-0.4, -0.2) is 49.3 Å². The van der Waals surface area contributed by atoms with Crippen LogP contribution in [0.4, 0.5) is 15.8 Å². The summed E-state index contributed by atoms with van der Waals surface area (Å²) in [5.74, 6) is -0.0351. The molecule has 2 aliphatic heterocycles. The zero-order valence-corrected chi connectivity index (χ0v) is 15.8. The highest BCUT2D eigenvalue weighted by molar-refractivity contribution is 5.99. The molecule has 1 fully saturated rings. The molecule has 0 unspecified atom stereocenters. The lowest BCUT2D eigenvalue weighted by molar-refractivity contribution is -0.116. The van der Waals surface area contributed by atoms with Crippen LogP contribution in [0.2, 0.25) is 0 Å². The van der Waals surface area contributed by atoms with Crippen molar-refractivity contribution in [2.45, 2.75) is 19.3 Å². The summed E-state index contributed by atoms with van der Waals surface area (Å²) in [5, 5.41) is 2.84. The molecule has 0 aliphatic carbocycles. The van der Waals surface area contributed by atoms with Gasteiger partial charge in [-0.1, -0.05) is 12.1 Å². The molecule has 0 bridgehead atoms. The Hall–Kier alpha value is -2.73. The van der Waals surface area contributed by atoms with Crippen LogP contribution >= 0.6 is 0 Å². The minimum atomic E-state index is -0.185. The number of aryl methyl sites for hydroxylation is 1. The van der Waals surface area contributed by atoms with Gasteiger partial charge in [0, 0.05) is 56.8 Å². The molecule has 5 nitrogen and oxygen atoms in total. The molecule has 2 aromatic rings. The first-order valence-electron chi connectivity index (χ1n) is 9.78. The number of anilines is 2. The molecular formula is C22H24FN3O2. The zero-order valence-electron chi connectivity index (χ0n) is 15.8. The van der Waals surface area contributed by atoms with Gasteiger partial charge in [-0.05, 0) is 42.3 Å². The number of fused-ring (bicyclic) bond motifs is 1. The topological polar surface area (TPSA) is 52.7 Å². The Bertz CT molecular complexity index is 891. The maximum Gasteiger partial charge on any atom is 0.224 e. The molecule has 0 spiro atoms. The van der Waals surface area contributed by atoms with E-state index < -0.39 is 0 Å². The SMILES string of the molecule is O=C1CCc2cc(C(=O)CCN3CCN(c4ccccc4F)CC3)ccc2N1. The standard InChI is InChI=1S/C22H24FN3O2/c23-18-3-1-2-4-20(18)26-13-11-25(12-14-26)10-9-21(27)17-5-7-19-16(15-17)6-8-22(28)24-19/h1-5,7,15H,6,8-14H2,(H,24,28). The number of hydrogen-bond donors (Lipinski definition) is 1. The molecule has 6 heteroatoms. The average molecular weight is 381 g/mol. The molecule has 1 amide bonds. The normalized spacial score (nSPS) is 17.2. The maximum absolute atomic E-state index is 13.9. The number of rotatable bonds is 5. The van der Waals surface area contributed by atoms with Crippen molar-refractivity contribution in [2.75, 3.05) is 42.9 Å². The van der Waals surface area contributed by atoms with Crippen molar-refractivity contribution >= 4 is 23.1 Å². The number of nitrogens with zero attached hydrogens (tertiary/aromatic N) is 2. The van der Waals surface area contributed by atoms with Crippen molar-refractivity contribution in [2.24, 2.45) is 0 Å². The first kappa shape index (κ1) is 18.6. The summed E-state index contributed by atoms with van der Waals surface area (Å²) in [5.41, 5.74) is 3.21. The number of Topliss-reactive ketones (excluding diaryl/α,β-unsaturated/α-hetero) is 1. The monoisotopic (exact) mass is 381 g/mol. The Morgan fingerprint density at radius 3 is 2.61 bits per heavy atom. The number of amides is 1. The van der Waals surface area contributed by atoms with E-state index in [2.05, 4.69) is 15.1 Å². The number of halogens is 1. The number of ketones is 1. The predicted octanol–water partition coefficient (Wildman–Crippen LogP) is 3.11. The Balaban J connectivity index is 1.29. The molecule has 0 saturated carbocycles. The highest BCUT2D eigenvalue weighted by Crippen LogP contribution is 2.24. The largest absolute Gasteiger partial charge is 0.367 e. The number of para-hydroxylation sites is 1. The summed E-state index contributed by atoms with van der Waals surface area (Å²) < 4.78 is 13.9. The number of piperazine rings is 1. The van der Waals surface area contributed by atoms with Crippen LogP contribution in [0.3, 0.4) is 0 Å². The first-order valence-corrected chi connectivity index (χ1v) is 9.78. The minimum absolute atomic E-state index is 0.0288. The van der Waals surface area contributed by atoms with E-state index in [1.54, 1.807) is 12.1 Å². The quantitative estimate of drug-likeness (QED) is 0.809. The van der Waals surface area contributed by atoms with Crippen molar-refractivity contribution < 1.29 is 14.0 Å². The van der Waals surface area contributed by atoms with Gasteiger partial charge in [0.1, 0.15) is 5.82 Å². The van der Waals surface area contributed by atoms with Crippen molar-refractivity contribution in [3.05, 3.63) is 59.4 Å². The number of benzene rings is 2. The lowest BCUT2D eigenvalue weighted by atomic mass is 9.98. The van der Waals surface area contributed by atoms with Crippen molar-refractivity contribution in [1.29, 1.82) is 0 Å². The second-order valence-electron chi connectivity index (χ2n) is 7.37. The van der Waals surface area contributed by atoms with E-state index in [1.807, 2.05) is 24.3 Å². The molecule has 28 heavy (non-hydrogen) atoms. The van der Waals surface area contributed by atoms with Crippen molar-refractivity contribution in [3.63, 3.8) is 0 Å². The van der Waals surface area contributed by atoms with E-state index in [-0.39, 0.29) is 17.5 Å². The van der Waals surface area contributed by atoms with Crippen molar-refractivity contribution in [3.8, 4) is 0 Å². The third kappa shape index (κ3) is 4.07. The molecule has 0 aromatic heterocycles. The molecule has 2 aliphatic rings. The van der Waals surface area contributed by atoms with Gasteiger partial charge in [0.25, 0.3) is 0 Å². The van der Waals surface area contributed by atoms with Crippen LogP contribution in [0.25, 0.3) is 0 Å². The van der Waals surface area contributed by atoms with Crippen LogP contribution in [0.15, 0.2) is 42.5 Å². The molecule has 1 N–H and O–H groups in total. The predicted molar refractivity (Wildman–Crippen MR) is 107 cm³/mol. The molecule has 1 saturated heterocycles. The number of carbonyl (C=O) groups is 2. The second kappa shape index (κ2) is 8.10. The molecule has 146 valence electrons. The molecule has 0 radical (unpaired) electrons. The highest BCUT2D eigenvalue weighted by Gasteiger charge is 2.21. The molecular weight excluding hydrogens is 357 g/mol. The van der Waals surface area contributed by atoms with Gasteiger partial charge in [0.05, 0.1) is 5.69 Å². The Labute approximate surface area is 164 Å². The van der Waals surface area contributed by atoms with E-state index >= 15 is 0 Å². The summed E-state index contributed by atoms with van der Waals surface area (Å²) in [6.45, 7) is 3.86. The summed E-state index contributed by atoms with van der Waals surface area (Å²) in [4.78, 5) is 28.4. The third-order valence-electron chi connectivity index (χ3n) is 5.54. The van der Waals surface area contributed by atoms with Crippen LogP contribution in [0.5, 0.6) is 0 Å².